The fraction of sp³-hybridized carbons (Fsp3) is 0.438. The van der Waals surface area contributed by atoms with E-state index in [4.69, 9.17) is 5.11 Å². The summed E-state index contributed by atoms with van der Waals surface area (Å²) in [6.45, 7) is 4.09. The number of benzene rings is 1. The molecule has 1 aromatic rings. The van der Waals surface area contributed by atoms with Crippen molar-refractivity contribution in [3.8, 4) is 0 Å². The third-order valence-electron chi connectivity index (χ3n) is 3.93. The maximum atomic E-state index is 13.4. The van der Waals surface area contributed by atoms with Crippen molar-refractivity contribution in [2.45, 2.75) is 26.2 Å². The van der Waals surface area contributed by atoms with E-state index in [2.05, 4.69) is 11.8 Å². The molecule has 1 saturated heterocycles. The van der Waals surface area contributed by atoms with E-state index < -0.39 is 5.97 Å². The predicted molar refractivity (Wildman–Crippen MR) is 78.3 cm³/mol. The van der Waals surface area contributed by atoms with Crippen molar-refractivity contribution in [1.29, 1.82) is 0 Å². The van der Waals surface area contributed by atoms with Gasteiger partial charge >= 0.3 is 5.97 Å². The Morgan fingerprint density at radius 1 is 1.45 bits per heavy atom. The van der Waals surface area contributed by atoms with E-state index in [9.17, 15) is 9.18 Å². The highest BCUT2D eigenvalue weighted by molar-refractivity contribution is 5.87. The van der Waals surface area contributed by atoms with Gasteiger partial charge in [0.2, 0.25) is 0 Å². The molecule has 1 fully saturated rings. The Hall–Kier alpha value is -1.84. The number of hydrogen-bond donors (Lipinski definition) is 1. The van der Waals surface area contributed by atoms with Crippen LogP contribution in [0.2, 0.25) is 0 Å². The molecule has 0 aromatic heterocycles. The Balaban J connectivity index is 2.20. The normalized spacial score (nSPS) is 16.8. The number of aliphatic carboxylic acids is 1. The minimum absolute atomic E-state index is 0.345. The Labute approximate surface area is 118 Å². The minimum atomic E-state index is -1.02. The highest BCUT2D eigenvalue weighted by atomic mass is 19.1. The van der Waals surface area contributed by atoms with E-state index >= 15 is 0 Å². The molecule has 1 aliphatic heterocycles. The summed E-state index contributed by atoms with van der Waals surface area (Å²) in [5.74, 6) is -0.600. The Morgan fingerprint density at radius 3 is 2.75 bits per heavy atom. The van der Waals surface area contributed by atoms with Gasteiger partial charge in [0.15, 0.2) is 0 Å². The molecule has 0 radical (unpaired) electrons. The molecular formula is C16H20FNO2. The van der Waals surface area contributed by atoms with Gasteiger partial charge in [-0.25, -0.2) is 9.18 Å². The number of piperidine rings is 1. The molecule has 0 amide bonds. The molecule has 1 aromatic carbocycles. The molecule has 0 spiro atoms. The first-order chi connectivity index (χ1) is 9.60. The second-order valence-corrected chi connectivity index (χ2v) is 5.21. The number of rotatable bonds is 4. The summed E-state index contributed by atoms with van der Waals surface area (Å²) in [7, 11) is 0. The van der Waals surface area contributed by atoms with E-state index in [1.165, 1.54) is 24.6 Å². The van der Waals surface area contributed by atoms with Crippen molar-refractivity contribution in [2.24, 2.45) is 5.92 Å². The molecule has 1 aliphatic rings. The standard InChI is InChI=1S/C16H20FNO2/c1-2-12-7-9-18(10-8-12)15-5-4-14(17)11-13(15)3-6-16(19)20/h3-6,11-12H,2,7-10H2,1H3,(H,19,20). The van der Waals surface area contributed by atoms with Gasteiger partial charge in [0.05, 0.1) is 0 Å². The molecular weight excluding hydrogens is 257 g/mol. The van der Waals surface area contributed by atoms with E-state index in [-0.39, 0.29) is 5.82 Å². The molecule has 1 N–H and O–H groups in total. The smallest absolute Gasteiger partial charge is 0.328 e. The van der Waals surface area contributed by atoms with Gasteiger partial charge in [0, 0.05) is 30.4 Å². The first-order valence-corrected chi connectivity index (χ1v) is 7.05. The number of nitrogens with zero attached hydrogens (tertiary/aromatic N) is 1. The molecule has 0 saturated carbocycles. The summed E-state index contributed by atoms with van der Waals surface area (Å²) in [4.78, 5) is 12.8. The highest BCUT2D eigenvalue weighted by Gasteiger charge is 2.19. The first-order valence-electron chi connectivity index (χ1n) is 7.05. The second-order valence-electron chi connectivity index (χ2n) is 5.21. The van der Waals surface area contributed by atoms with Gasteiger partial charge in [-0.05, 0) is 43.0 Å². The largest absolute Gasteiger partial charge is 0.478 e. The number of carbonyl (C=O) groups is 1. The van der Waals surface area contributed by atoms with Gasteiger partial charge in [-0.1, -0.05) is 13.3 Å². The lowest BCUT2D eigenvalue weighted by molar-refractivity contribution is -0.131. The van der Waals surface area contributed by atoms with Gasteiger partial charge in [-0.15, -0.1) is 0 Å². The van der Waals surface area contributed by atoms with Crippen molar-refractivity contribution in [1.82, 2.24) is 0 Å². The molecule has 108 valence electrons. The second kappa shape index (κ2) is 6.55. The molecule has 1 heterocycles. The fourth-order valence-corrected chi connectivity index (χ4v) is 2.69. The summed E-state index contributed by atoms with van der Waals surface area (Å²) in [6.07, 6.45) is 5.98. The van der Waals surface area contributed by atoms with Crippen LogP contribution in [0.5, 0.6) is 0 Å². The summed E-state index contributed by atoms with van der Waals surface area (Å²) in [5, 5.41) is 8.72. The van der Waals surface area contributed by atoms with Crippen LogP contribution < -0.4 is 4.90 Å². The van der Waals surface area contributed by atoms with Gasteiger partial charge in [0.25, 0.3) is 0 Å². The fourth-order valence-electron chi connectivity index (χ4n) is 2.69. The number of hydrogen-bond acceptors (Lipinski definition) is 2. The average molecular weight is 277 g/mol. The van der Waals surface area contributed by atoms with Gasteiger partial charge in [0.1, 0.15) is 5.82 Å². The van der Waals surface area contributed by atoms with Crippen molar-refractivity contribution in [3.63, 3.8) is 0 Å². The van der Waals surface area contributed by atoms with Crippen LogP contribution in [0.15, 0.2) is 24.3 Å². The highest BCUT2D eigenvalue weighted by Crippen LogP contribution is 2.28. The topological polar surface area (TPSA) is 40.5 Å². The number of carboxylic acid groups (broad SMARTS) is 1. The van der Waals surface area contributed by atoms with Crippen LogP contribution >= 0.6 is 0 Å². The molecule has 0 bridgehead atoms. The van der Waals surface area contributed by atoms with Gasteiger partial charge < -0.3 is 10.0 Å². The average Bonchev–Trinajstić information content (AvgIpc) is 2.45. The minimum Gasteiger partial charge on any atom is -0.478 e. The lowest BCUT2D eigenvalue weighted by Gasteiger charge is -2.34. The molecule has 0 aliphatic carbocycles. The lowest BCUT2D eigenvalue weighted by Crippen LogP contribution is -2.33. The summed E-state index contributed by atoms with van der Waals surface area (Å²) < 4.78 is 13.4. The summed E-state index contributed by atoms with van der Waals surface area (Å²) in [5.41, 5.74) is 1.54. The van der Waals surface area contributed by atoms with Crippen molar-refractivity contribution < 1.29 is 14.3 Å². The zero-order valence-electron chi connectivity index (χ0n) is 11.7. The Kier molecular flexibility index (Phi) is 4.77. The summed E-state index contributed by atoms with van der Waals surface area (Å²) >= 11 is 0. The number of halogens is 1. The maximum absolute atomic E-state index is 13.4. The number of anilines is 1. The van der Waals surface area contributed by atoms with Crippen LogP contribution in [-0.2, 0) is 4.79 Å². The monoisotopic (exact) mass is 277 g/mol. The molecule has 3 nitrogen and oxygen atoms in total. The first kappa shape index (κ1) is 14.6. The Bertz CT molecular complexity index is 505. The van der Waals surface area contributed by atoms with Crippen LogP contribution in [0.1, 0.15) is 31.7 Å². The van der Waals surface area contributed by atoms with Crippen LogP contribution in [-0.4, -0.2) is 24.2 Å². The molecule has 0 unspecified atom stereocenters. The van der Waals surface area contributed by atoms with E-state index in [0.29, 0.717) is 5.56 Å². The van der Waals surface area contributed by atoms with Crippen LogP contribution in [0.3, 0.4) is 0 Å². The Morgan fingerprint density at radius 2 is 2.15 bits per heavy atom. The van der Waals surface area contributed by atoms with Crippen LogP contribution in [0, 0.1) is 11.7 Å². The van der Waals surface area contributed by atoms with Crippen molar-refractivity contribution >= 4 is 17.7 Å². The van der Waals surface area contributed by atoms with E-state index in [1.54, 1.807) is 6.07 Å². The van der Waals surface area contributed by atoms with Gasteiger partial charge in [-0.2, -0.15) is 0 Å². The molecule has 2 rings (SSSR count). The third kappa shape index (κ3) is 3.59. The number of carboxylic acids is 1. The third-order valence-corrected chi connectivity index (χ3v) is 3.93. The van der Waals surface area contributed by atoms with E-state index in [1.807, 2.05) is 0 Å². The molecule has 4 heteroatoms. The lowest BCUT2D eigenvalue weighted by atomic mass is 9.93. The molecule has 0 atom stereocenters. The van der Waals surface area contributed by atoms with Gasteiger partial charge in [-0.3, -0.25) is 0 Å². The SMILES string of the molecule is CCC1CCN(c2ccc(F)cc2C=CC(=O)O)CC1. The quantitative estimate of drug-likeness (QED) is 0.856. The summed E-state index contributed by atoms with van der Waals surface area (Å²) in [6, 6.07) is 4.56. The van der Waals surface area contributed by atoms with E-state index in [0.717, 1.165) is 43.6 Å². The maximum Gasteiger partial charge on any atom is 0.328 e. The van der Waals surface area contributed by atoms with Crippen LogP contribution in [0.25, 0.3) is 6.08 Å². The van der Waals surface area contributed by atoms with Crippen LogP contribution in [0.4, 0.5) is 10.1 Å². The van der Waals surface area contributed by atoms with Crippen molar-refractivity contribution in [2.75, 3.05) is 18.0 Å². The predicted octanol–water partition coefficient (Wildman–Crippen LogP) is 3.55. The zero-order chi connectivity index (χ0) is 14.5. The zero-order valence-corrected chi connectivity index (χ0v) is 11.7. The molecule has 20 heavy (non-hydrogen) atoms. The van der Waals surface area contributed by atoms with Crippen molar-refractivity contribution in [3.05, 3.63) is 35.7 Å².